The first-order valence-corrected chi connectivity index (χ1v) is 8.30. The Balaban J connectivity index is -0.0000000913. The molecule has 0 aliphatic heterocycles. The van der Waals surface area contributed by atoms with Crippen molar-refractivity contribution in [2.24, 2.45) is 5.92 Å². The second-order valence-corrected chi connectivity index (χ2v) is 5.05. The molecular formula is C17H42N2O. The van der Waals surface area contributed by atoms with E-state index in [2.05, 4.69) is 52.2 Å². The van der Waals surface area contributed by atoms with E-state index >= 15 is 0 Å². The van der Waals surface area contributed by atoms with Crippen LogP contribution in [0.1, 0.15) is 81.1 Å². The zero-order chi connectivity index (χ0) is 16.8. The fourth-order valence-corrected chi connectivity index (χ4v) is 0.915. The summed E-state index contributed by atoms with van der Waals surface area (Å²) in [6.45, 7) is 17.9. The molecule has 0 aromatic rings. The second-order valence-electron chi connectivity index (χ2n) is 5.05. The van der Waals surface area contributed by atoms with Crippen LogP contribution in [-0.2, 0) is 4.79 Å². The molecule has 3 nitrogen and oxygen atoms in total. The second kappa shape index (κ2) is 31.0. The van der Waals surface area contributed by atoms with Gasteiger partial charge in [0, 0.05) is 12.6 Å². The smallest absolute Gasteiger partial charge is 0.207 e. The average Bonchev–Trinajstić information content (AvgIpc) is 2.43. The predicted octanol–water partition coefficient (Wildman–Crippen LogP) is 4.62. The van der Waals surface area contributed by atoms with Crippen LogP contribution in [0, 0.1) is 5.92 Å². The molecule has 0 heterocycles. The molecule has 0 bridgehead atoms. The molecule has 0 spiro atoms. The van der Waals surface area contributed by atoms with Gasteiger partial charge < -0.3 is 10.6 Å². The molecule has 2 N–H and O–H groups in total. The van der Waals surface area contributed by atoms with Gasteiger partial charge in [0.2, 0.25) is 6.41 Å². The molecule has 0 rings (SSSR count). The number of hydrogen-bond acceptors (Lipinski definition) is 2. The number of hydrogen-bond donors (Lipinski definition) is 2. The van der Waals surface area contributed by atoms with Crippen LogP contribution in [0.5, 0.6) is 0 Å². The van der Waals surface area contributed by atoms with Crippen molar-refractivity contribution in [3.63, 3.8) is 0 Å². The molecule has 20 heavy (non-hydrogen) atoms. The fourth-order valence-electron chi connectivity index (χ4n) is 0.915. The molecular weight excluding hydrogens is 248 g/mol. The van der Waals surface area contributed by atoms with Crippen molar-refractivity contribution < 1.29 is 4.79 Å². The summed E-state index contributed by atoms with van der Waals surface area (Å²) < 4.78 is 0. The van der Waals surface area contributed by atoms with Gasteiger partial charge in [-0.1, -0.05) is 74.7 Å². The molecule has 0 atom stereocenters. The van der Waals surface area contributed by atoms with Crippen molar-refractivity contribution in [2.75, 3.05) is 13.6 Å². The van der Waals surface area contributed by atoms with Crippen LogP contribution in [0.2, 0.25) is 0 Å². The maximum absolute atomic E-state index is 9.57. The van der Waals surface area contributed by atoms with E-state index in [0.29, 0.717) is 6.04 Å². The normalized spacial score (nSPS) is 8.55. The van der Waals surface area contributed by atoms with Gasteiger partial charge in [-0.3, -0.25) is 4.79 Å². The molecule has 0 aromatic carbocycles. The SMILES string of the molecule is CC.CCCC(C)C.CCCCNC=O.CNC(C)C. The van der Waals surface area contributed by atoms with Gasteiger partial charge >= 0.3 is 0 Å². The van der Waals surface area contributed by atoms with Gasteiger partial charge in [0.25, 0.3) is 0 Å². The minimum absolute atomic E-state index is 0.634. The number of carbonyl (C=O) groups is 1. The van der Waals surface area contributed by atoms with Gasteiger partial charge in [0.1, 0.15) is 0 Å². The number of amides is 1. The average molecular weight is 291 g/mol. The number of unbranched alkanes of at least 4 members (excludes halogenated alkanes) is 1. The van der Waals surface area contributed by atoms with E-state index in [1.165, 1.54) is 12.8 Å². The van der Waals surface area contributed by atoms with Crippen molar-refractivity contribution >= 4 is 6.41 Å². The summed E-state index contributed by atoms with van der Waals surface area (Å²) in [5, 5.41) is 5.60. The zero-order valence-corrected chi connectivity index (χ0v) is 15.7. The minimum Gasteiger partial charge on any atom is -0.359 e. The Morgan fingerprint density at radius 3 is 1.60 bits per heavy atom. The maximum atomic E-state index is 9.57. The zero-order valence-electron chi connectivity index (χ0n) is 15.7. The van der Waals surface area contributed by atoms with Crippen LogP contribution in [-0.4, -0.2) is 26.0 Å². The third-order valence-corrected chi connectivity index (χ3v) is 2.20. The summed E-state index contributed by atoms with van der Waals surface area (Å²) in [6.07, 6.45) is 5.66. The van der Waals surface area contributed by atoms with Crippen LogP contribution in [0.3, 0.4) is 0 Å². The maximum Gasteiger partial charge on any atom is 0.207 e. The van der Waals surface area contributed by atoms with E-state index in [9.17, 15) is 4.79 Å². The van der Waals surface area contributed by atoms with Gasteiger partial charge in [-0.05, 0) is 19.4 Å². The first-order chi connectivity index (χ1) is 9.45. The molecule has 1 amide bonds. The molecule has 0 aliphatic carbocycles. The molecule has 0 aromatic heterocycles. The lowest BCUT2D eigenvalue weighted by molar-refractivity contribution is -0.109. The Labute approximate surface area is 129 Å². The summed E-state index contributed by atoms with van der Waals surface area (Å²) in [5.74, 6) is 0.898. The van der Waals surface area contributed by atoms with Crippen molar-refractivity contribution in [2.45, 2.75) is 87.1 Å². The van der Waals surface area contributed by atoms with Crippen molar-refractivity contribution in [3.05, 3.63) is 0 Å². The highest BCUT2D eigenvalue weighted by molar-refractivity contribution is 5.45. The Morgan fingerprint density at radius 1 is 1.00 bits per heavy atom. The van der Waals surface area contributed by atoms with Crippen molar-refractivity contribution in [3.8, 4) is 0 Å². The standard InChI is InChI=1S/C6H14.C5H11NO.C4H11N.C2H6/c1-4-5-6(2)3;1-2-3-4-6-5-7;1-4(2)5-3;1-2/h6H,4-5H2,1-3H3;5H,2-4H2,1H3,(H,6,7);4-5H,1-3H3;1-2H3. The number of carbonyl (C=O) groups excluding carboxylic acids is 1. The lowest BCUT2D eigenvalue weighted by atomic mass is 10.1. The lowest BCUT2D eigenvalue weighted by Gasteiger charge is -1.95. The minimum atomic E-state index is 0.634. The quantitative estimate of drug-likeness (QED) is 0.531. The van der Waals surface area contributed by atoms with Gasteiger partial charge in [-0.25, -0.2) is 0 Å². The summed E-state index contributed by atoms with van der Waals surface area (Å²) >= 11 is 0. The molecule has 0 saturated heterocycles. The molecule has 126 valence electrons. The predicted molar refractivity (Wildman–Crippen MR) is 94.3 cm³/mol. The van der Waals surface area contributed by atoms with Crippen LogP contribution in [0.15, 0.2) is 0 Å². The van der Waals surface area contributed by atoms with E-state index in [4.69, 9.17) is 0 Å². The number of rotatable bonds is 7. The lowest BCUT2D eigenvalue weighted by Crippen LogP contribution is -2.15. The molecule has 0 saturated carbocycles. The van der Waals surface area contributed by atoms with E-state index < -0.39 is 0 Å². The van der Waals surface area contributed by atoms with E-state index in [1.807, 2.05) is 20.9 Å². The third kappa shape index (κ3) is 66.2. The first-order valence-electron chi connectivity index (χ1n) is 8.30. The summed E-state index contributed by atoms with van der Waals surface area (Å²) in [5.41, 5.74) is 0. The van der Waals surface area contributed by atoms with Crippen LogP contribution < -0.4 is 10.6 Å². The van der Waals surface area contributed by atoms with Gasteiger partial charge in [0.15, 0.2) is 0 Å². The van der Waals surface area contributed by atoms with Crippen LogP contribution in [0.25, 0.3) is 0 Å². The van der Waals surface area contributed by atoms with Crippen molar-refractivity contribution in [1.82, 2.24) is 10.6 Å². The largest absolute Gasteiger partial charge is 0.359 e. The molecule has 0 unspecified atom stereocenters. The van der Waals surface area contributed by atoms with E-state index in [1.54, 1.807) is 0 Å². The Bertz CT molecular complexity index is 137. The molecule has 0 aliphatic rings. The highest BCUT2D eigenvalue weighted by Gasteiger charge is 1.85. The van der Waals surface area contributed by atoms with Crippen LogP contribution >= 0.6 is 0 Å². The summed E-state index contributed by atoms with van der Waals surface area (Å²) in [6, 6.07) is 0.634. The summed E-state index contributed by atoms with van der Waals surface area (Å²) in [4.78, 5) is 9.57. The Hall–Kier alpha value is -0.570. The molecule has 0 fully saturated rings. The Kier molecular flexibility index (Phi) is 43.0. The monoisotopic (exact) mass is 290 g/mol. The van der Waals surface area contributed by atoms with Gasteiger partial charge in [-0.15, -0.1) is 0 Å². The number of nitrogens with one attached hydrogen (secondary N) is 2. The summed E-state index contributed by atoms with van der Waals surface area (Å²) in [7, 11) is 1.95. The van der Waals surface area contributed by atoms with Gasteiger partial charge in [0.05, 0.1) is 0 Å². The van der Waals surface area contributed by atoms with E-state index in [-0.39, 0.29) is 0 Å². The van der Waals surface area contributed by atoms with Crippen molar-refractivity contribution in [1.29, 1.82) is 0 Å². The van der Waals surface area contributed by atoms with Crippen LogP contribution in [0.4, 0.5) is 0 Å². The third-order valence-electron chi connectivity index (χ3n) is 2.20. The highest BCUT2D eigenvalue weighted by atomic mass is 16.1. The highest BCUT2D eigenvalue weighted by Crippen LogP contribution is 2.00. The fraction of sp³-hybridized carbons (Fsp3) is 0.941. The topological polar surface area (TPSA) is 41.1 Å². The van der Waals surface area contributed by atoms with Gasteiger partial charge in [-0.2, -0.15) is 0 Å². The van der Waals surface area contributed by atoms with E-state index in [0.717, 1.165) is 31.7 Å². The molecule has 0 radical (unpaired) electrons. The Morgan fingerprint density at radius 2 is 1.45 bits per heavy atom. The first kappa shape index (κ1) is 27.7. The molecule has 3 heteroatoms.